The van der Waals surface area contributed by atoms with Gasteiger partial charge in [-0.2, -0.15) is 0 Å². The SMILES string of the molecule is c1ccc(-c2cccc(-c3nc(-n4c5ccccc5c5ccc6c7ccccc7n(-c7ccccc7)c6c54)nc4c3oc3ccccc34)c2)cc1. The predicted molar refractivity (Wildman–Crippen MR) is 209 cm³/mol. The second kappa shape index (κ2) is 10.8. The van der Waals surface area contributed by atoms with Gasteiger partial charge >= 0.3 is 0 Å². The van der Waals surface area contributed by atoms with Gasteiger partial charge in [0.15, 0.2) is 5.58 Å². The molecule has 0 N–H and O–H groups in total. The molecule has 4 heterocycles. The van der Waals surface area contributed by atoms with E-state index in [9.17, 15) is 0 Å². The van der Waals surface area contributed by atoms with Gasteiger partial charge < -0.3 is 8.98 Å². The van der Waals surface area contributed by atoms with Crippen molar-refractivity contribution < 1.29 is 4.42 Å². The molecule has 7 aromatic carbocycles. The molecule has 4 aromatic heterocycles. The molecule has 0 saturated heterocycles. The topological polar surface area (TPSA) is 48.8 Å². The number of rotatable bonds is 4. The highest BCUT2D eigenvalue weighted by atomic mass is 16.3. The summed E-state index contributed by atoms with van der Waals surface area (Å²) in [7, 11) is 0. The van der Waals surface area contributed by atoms with E-state index in [2.05, 4.69) is 155 Å². The van der Waals surface area contributed by atoms with Crippen LogP contribution in [0.4, 0.5) is 0 Å². The minimum Gasteiger partial charge on any atom is -0.452 e. The van der Waals surface area contributed by atoms with Crippen molar-refractivity contribution in [1.82, 2.24) is 19.1 Å². The Kier molecular flexibility index (Phi) is 5.89. The maximum Gasteiger partial charge on any atom is 0.236 e. The van der Waals surface area contributed by atoms with Gasteiger partial charge in [-0.05, 0) is 53.6 Å². The zero-order valence-electron chi connectivity index (χ0n) is 27.4. The Bertz CT molecular complexity index is 3130. The number of hydrogen-bond acceptors (Lipinski definition) is 3. The van der Waals surface area contributed by atoms with Gasteiger partial charge in [-0.1, -0.05) is 127 Å². The predicted octanol–water partition coefficient (Wildman–Crippen LogP) is 11.9. The highest BCUT2D eigenvalue weighted by Crippen LogP contribution is 2.42. The molecule has 5 heteroatoms. The standard InChI is InChI=1S/C46H28N4O/c1-3-14-29(15-4-1)30-16-13-17-31(28-30)41-45-42(37-22-9-12-25-40(37)51-45)48-46(47-41)50-39-24-11-8-21-34(39)36-27-26-35-33-20-7-10-23-38(33)49(43(35)44(36)50)32-18-5-2-6-19-32/h1-28H. The molecule has 0 aliphatic heterocycles. The van der Waals surface area contributed by atoms with E-state index in [1.54, 1.807) is 0 Å². The lowest BCUT2D eigenvalue weighted by molar-refractivity contribution is 0.666. The normalized spacial score (nSPS) is 11.9. The van der Waals surface area contributed by atoms with Gasteiger partial charge in [0.2, 0.25) is 5.95 Å². The summed E-state index contributed by atoms with van der Waals surface area (Å²) in [6.45, 7) is 0. The van der Waals surface area contributed by atoms with Crippen LogP contribution in [0.2, 0.25) is 0 Å². The first-order valence-corrected chi connectivity index (χ1v) is 17.2. The average molecular weight is 653 g/mol. The van der Waals surface area contributed by atoms with E-state index in [0.717, 1.165) is 77.4 Å². The third-order valence-corrected chi connectivity index (χ3v) is 10.1. The maximum absolute atomic E-state index is 6.58. The fraction of sp³-hybridized carbons (Fsp3) is 0. The second-order valence-electron chi connectivity index (χ2n) is 13.0. The first-order valence-electron chi connectivity index (χ1n) is 17.2. The highest BCUT2D eigenvalue weighted by molar-refractivity contribution is 6.23. The molecular weight excluding hydrogens is 625 g/mol. The number of aromatic nitrogens is 4. The molecule has 11 aromatic rings. The summed E-state index contributed by atoms with van der Waals surface area (Å²) < 4.78 is 11.2. The first kappa shape index (κ1) is 27.9. The van der Waals surface area contributed by atoms with Crippen LogP contribution >= 0.6 is 0 Å². The fourth-order valence-electron chi connectivity index (χ4n) is 7.91. The van der Waals surface area contributed by atoms with Crippen LogP contribution in [0.3, 0.4) is 0 Å². The third kappa shape index (κ3) is 4.09. The molecule has 51 heavy (non-hydrogen) atoms. The van der Waals surface area contributed by atoms with Crippen molar-refractivity contribution in [2.24, 2.45) is 0 Å². The number of fused-ring (bicyclic) bond motifs is 10. The Hall–Kier alpha value is -6.98. The minimum absolute atomic E-state index is 0.595. The zero-order valence-corrected chi connectivity index (χ0v) is 27.4. The largest absolute Gasteiger partial charge is 0.452 e. The van der Waals surface area contributed by atoms with Crippen LogP contribution in [0.15, 0.2) is 174 Å². The quantitative estimate of drug-likeness (QED) is 0.190. The molecule has 11 rings (SSSR count). The Morgan fingerprint density at radius 1 is 0.412 bits per heavy atom. The summed E-state index contributed by atoms with van der Waals surface area (Å²) >= 11 is 0. The van der Waals surface area contributed by atoms with Gasteiger partial charge in [-0.15, -0.1) is 0 Å². The number of para-hydroxylation sites is 4. The van der Waals surface area contributed by atoms with Crippen molar-refractivity contribution >= 4 is 65.7 Å². The van der Waals surface area contributed by atoms with Crippen molar-refractivity contribution in [2.75, 3.05) is 0 Å². The second-order valence-corrected chi connectivity index (χ2v) is 13.0. The Morgan fingerprint density at radius 2 is 0.980 bits per heavy atom. The van der Waals surface area contributed by atoms with Gasteiger partial charge in [0, 0.05) is 38.2 Å². The minimum atomic E-state index is 0.595. The summed E-state index contributed by atoms with van der Waals surface area (Å²) in [5.74, 6) is 0.595. The Balaban J connectivity index is 1.31. The Labute approximate surface area is 292 Å². The van der Waals surface area contributed by atoms with E-state index in [1.807, 2.05) is 24.3 Å². The molecule has 0 saturated carbocycles. The smallest absolute Gasteiger partial charge is 0.236 e. The van der Waals surface area contributed by atoms with Crippen molar-refractivity contribution in [3.63, 3.8) is 0 Å². The molecule has 0 fully saturated rings. The van der Waals surface area contributed by atoms with Crippen LogP contribution in [0.25, 0.3) is 99.7 Å². The average Bonchev–Trinajstić information content (AvgIpc) is 3.86. The lowest BCUT2D eigenvalue weighted by Crippen LogP contribution is -2.04. The molecule has 0 amide bonds. The van der Waals surface area contributed by atoms with E-state index in [0.29, 0.717) is 11.5 Å². The molecule has 0 radical (unpaired) electrons. The third-order valence-electron chi connectivity index (χ3n) is 10.1. The van der Waals surface area contributed by atoms with E-state index in [4.69, 9.17) is 14.4 Å². The zero-order chi connectivity index (χ0) is 33.5. The summed E-state index contributed by atoms with van der Waals surface area (Å²) in [6.07, 6.45) is 0. The van der Waals surface area contributed by atoms with Crippen molar-refractivity contribution in [3.8, 4) is 34.0 Å². The van der Waals surface area contributed by atoms with Crippen molar-refractivity contribution in [1.29, 1.82) is 0 Å². The molecule has 0 aliphatic rings. The molecular formula is C46H28N4O. The summed E-state index contributed by atoms with van der Waals surface area (Å²) in [4.78, 5) is 10.8. The molecule has 0 aliphatic carbocycles. The van der Waals surface area contributed by atoms with Gasteiger partial charge in [-0.25, -0.2) is 9.97 Å². The van der Waals surface area contributed by atoms with Crippen LogP contribution in [-0.4, -0.2) is 19.1 Å². The molecule has 0 bridgehead atoms. The number of furan rings is 1. The first-order chi connectivity index (χ1) is 25.3. The van der Waals surface area contributed by atoms with Crippen LogP contribution in [-0.2, 0) is 0 Å². The van der Waals surface area contributed by atoms with Gasteiger partial charge in [0.1, 0.15) is 16.8 Å². The molecule has 238 valence electrons. The Morgan fingerprint density at radius 3 is 1.73 bits per heavy atom. The summed E-state index contributed by atoms with van der Waals surface area (Å²) in [5.41, 5.74) is 11.7. The maximum atomic E-state index is 6.58. The van der Waals surface area contributed by atoms with Crippen molar-refractivity contribution in [2.45, 2.75) is 0 Å². The van der Waals surface area contributed by atoms with Crippen LogP contribution < -0.4 is 0 Å². The van der Waals surface area contributed by atoms with Gasteiger partial charge in [-0.3, -0.25) is 4.57 Å². The van der Waals surface area contributed by atoms with Crippen LogP contribution in [0.1, 0.15) is 0 Å². The van der Waals surface area contributed by atoms with Crippen molar-refractivity contribution in [3.05, 3.63) is 170 Å². The molecule has 0 atom stereocenters. The van der Waals surface area contributed by atoms with Crippen LogP contribution in [0.5, 0.6) is 0 Å². The van der Waals surface area contributed by atoms with Gasteiger partial charge in [0.25, 0.3) is 0 Å². The summed E-state index contributed by atoms with van der Waals surface area (Å²) in [5, 5.41) is 5.63. The van der Waals surface area contributed by atoms with E-state index >= 15 is 0 Å². The van der Waals surface area contributed by atoms with E-state index in [-0.39, 0.29) is 0 Å². The molecule has 0 unspecified atom stereocenters. The molecule has 5 nitrogen and oxygen atoms in total. The fourth-order valence-corrected chi connectivity index (χ4v) is 7.91. The monoisotopic (exact) mass is 652 g/mol. The van der Waals surface area contributed by atoms with E-state index < -0.39 is 0 Å². The molecule has 0 spiro atoms. The van der Waals surface area contributed by atoms with E-state index in [1.165, 1.54) is 10.8 Å². The number of nitrogens with zero attached hydrogens (tertiary/aromatic N) is 4. The lowest BCUT2D eigenvalue weighted by atomic mass is 10.0. The highest BCUT2D eigenvalue weighted by Gasteiger charge is 2.24. The summed E-state index contributed by atoms with van der Waals surface area (Å²) in [6, 6.07) is 59.5. The van der Waals surface area contributed by atoms with Gasteiger partial charge in [0.05, 0.1) is 22.1 Å². The number of benzene rings is 7. The lowest BCUT2D eigenvalue weighted by Gasteiger charge is -2.13. The van der Waals surface area contributed by atoms with Crippen LogP contribution in [0, 0.1) is 0 Å². The number of hydrogen-bond donors (Lipinski definition) is 0.